The maximum absolute atomic E-state index is 13.4. The summed E-state index contributed by atoms with van der Waals surface area (Å²) in [5, 5.41) is 4.42. The van der Waals surface area contributed by atoms with Gasteiger partial charge in [-0.2, -0.15) is 0 Å². The molecule has 2 aromatic carbocycles. The number of nitrogens with two attached hydrogens (primary N) is 1. The molecular formula is C23H22ClN5O2S. The maximum Gasteiger partial charge on any atom is 0.268 e. The van der Waals surface area contributed by atoms with Crippen LogP contribution in [0.3, 0.4) is 0 Å². The fraction of sp³-hybridized carbons (Fsp3) is 0.217. The SMILES string of the molecule is NC1CCC(Nc2ncc(Cl)c(-c3cn(S(=O)(=O)c4ccccc4)c4ccccc34)n2)C1. The number of halogens is 1. The van der Waals surface area contributed by atoms with Gasteiger partial charge in [-0.1, -0.05) is 48.0 Å². The summed E-state index contributed by atoms with van der Waals surface area (Å²) in [6, 6.07) is 16.0. The molecule has 0 bridgehead atoms. The topological polar surface area (TPSA) is 103 Å². The highest BCUT2D eigenvalue weighted by Crippen LogP contribution is 2.36. The second-order valence-corrected chi connectivity index (χ2v) is 10.2. The van der Waals surface area contributed by atoms with E-state index in [1.165, 1.54) is 3.97 Å². The smallest absolute Gasteiger partial charge is 0.268 e. The number of hydrogen-bond acceptors (Lipinski definition) is 6. The van der Waals surface area contributed by atoms with Gasteiger partial charge in [0.05, 0.1) is 27.3 Å². The van der Waals surface area contributed by atoms with Crippen LogP contribution in [0.4, 0.5) is 5.95 Å². The van der Waals surface area contributed by atoms with E-state index in [0.29, 0.717) is 27.7 Å². The highest BCUT2D eigenvalue weighted by atomic mass is 35.5. The largest absolute Gasteiger partial charge is 0.351 e. The van der Waals surface area contributed by atoms with E-state index in [-0.39, 0.29) is 17.0 Å². The third-order valence-corrected chi connectivity index (χ3v) is 7.75. The van der Waals surface area contributed by atoms with Gasteiger partial charge in [0, 0.05) is 29.2 Å². The van der Waals surface area contributed by atoms with Crippen molar-refractivity contribution < 1.29 is 8.42 Å². The van der Waals surface area contributed by atoms with Gasteiger partial charge in [-0.15, -0.1) is 0 Å². The van der Waals surface area contributed by atoms with Gasteiger partial charge in [0.15, 0.2) is 0 Å². The molecular weight excluding hydrogens is 446 g/mol. The first-order valence-electron chi connectivity index (χ1n) is 10.4. The van der Waals surface area contributed by atoms with Gasteiger partial charge in [0.1, 0.15) is 0 Å². The summed E-state index contributed by atoms with van der Waals surface area (Å²) in [5.74, 6) is 0.450. The van der Waals surface area contributed by atoms with E-state index in [2.05, 4.69) is 15.3 Å². The number of rotatable bonds is 5. The average Bonchev–Trinajstić information content (AvgIpc) is 3.39. The van der Waals surface area contributed by atoms with E-state index in [1.54, 1.807) is 54.9 Å². The molecule has 0 radical (unpaired) electrons. The van der Waals surface area contributed by atoms with Gasteiger partial charge in [-0.3, -0.25) is 0 Å². The predicted molar refractivity (Wildman–Crippen MR) is 126 cm³/mol. The van der Waals surface area contributed by atoms with Crippen LogP contribution in [-0.2, 0) is 10.0 Å². The average molecular weight is 468 g/mol. The van der Waals surface area contributed by atoms with Crippen molar-refractivity contribution in [2.75, 3.05) is 5.32 Å². The van der Waals surface area contributed by atoms with Crippen LogP contribution in [0.5, 0.6) is 0 Å². The first-order chi connectivity index (χ1) is 15.4. The van der Waals surface area contributed by atoms with Crippen LogP contribution in [0.15, 0.2) is 71.9 Å². The maximum atomic E-state index is 13.4. The second kappa shape index (κ2) is 8.20. The minimum atomic E-state index is -3.80. The fourth-order valence-corrected chi connectivity index (χ4v) is 5.78. The lowest BCUT2D eigenvalue weighted by Gasteiger charge is -2.13. The summed E-state index contributed by atoms with van der Waals surface area (Å²) >= 11 is 6.48. The van der Waals surface area contributed by atoms with Crippen molar-refractivity contribution >= 4 is 38.5 Å². The highest BCUT2D eigenvalue weighted by molar-refractivity contribution is 7.90. The van der Waals surface area contributed by atoms with E-state index in [4.69, 9.17) is 17.3 Å². The fourth-order valence-electron chi connectivity index (χ4n) is 4.20. The second-order valence-electron chi connectivity index (χ2n) is 7.98. The molecule has 164 valence electrons. The van der Waals surface area contributed by atoms with Crippen LogP contribution in [0.25, 0.3) is 22.2 Å². The summed E-state index contributed by atoms with van der Waals surface area (Å²) in [6.07, 6.45) is 5.89. The van der Waals surface area contributed by atoms with Crippen LogP contribution in [0.1, 0.15) is 19.3 Å². The molecule has 1 aliphatic rings. The number of nitrogens with zero attached hydrogens (tertiary/aromatic N) is 3. The predicted octanol–water partition coefficient (Wildman–Crippen LogP) is 4.28. The number of benzene rings is 2. The Labute approximate surface area is 191 Å². The van der Waals surface area contributed by atoms with Gasteiger partial charge < -0.3 is 11.1 Å². The Morgan fingerprint density at radius 1 is 1.06 bits per heavy atom. The molecule has 1 fully saturated rings. The first kappa shape index (κ1) is 20.9. The minimum Gasteiger partial charge on any atom is -0.351 e. The number of hydrogen-bond donors (Lipinski definition) is 2. The summed E-state index contributed by atoms with van der Waals surface area (Å²) in [5.41, 5.74) is 7.67. The van der Waals surface area contributed by atoms with Gasteiger partial charge in [-0.05, 0) is 37.5 Å². The molecule has 32 heavy (non-hydrogen) atoms. The molecule has 0 saturated heterocycles. The molecule has 1 saturated carbocycles. The van der Waals surface area contributed by atoms with E-state index in [1.807, 2.05) is 12.1 Å². The highest BCUT2D eigenvalue weighted by Gasteiger charge is 2.25. The summed E-state index contributed by atoms with van der Waals surface area (Å²) < 4.78 is 28.0. The molecule has 2 atom stereocenters. The molecule has 0 aliphatic heterocycles. The third-order valence-electron chi connectivity index (χ3n) is 5.78. The zero-order chi connectivity index (χ0) is 22.3. The van der Waals surface area contributed by atoms with Crippen molar-refractivity contribution in [3.63, 3.8) is 0 Å². The standard InChI is InChI=1S/C23H22ClN5O2S/c24-20-13-26-23(27-16-11-10-15(25)12-16)28-22(20)19-14-29(21-9-5-4-8-18(19)21)32(30,31)17-6-2-1-3-7-17/h1-9,13-16H,10-12,25H2,(H,26,27,28). The van der Waals surface area contributed by atoms with E-state index in [0.717, 1.165) is 24.6 Å². The number of aromatic nitrogens is 3. The van der Waals surface area contributed by atoms with Crippen molar-refractivity contribution in [1.29, 1.82) is 0 Å². The Morgan fingerprint density at radius 2 is 1.81 bits per heavy atom. The molecule has 3 N–H and O–H groups in total. The van der Waals surface area contributed by atoms with Crippen LogP contribution in [0, 0.1) is 0 Å². The van der Waals surface area contributed by atoms with Gasteiger partial charge in [0.25, 0.3) is 10.0 Å². The molecule has 2 heterocycles. The van der Waals surface area contributed by atoms with Crippen LogP contribution < -0.4 is 11.1 Å². The lowest BCUT2D eigenvalue weighted by atomic mass is 10.1. The van der Waals surface area contributed by atoms with Crippen molar-refractivity contribution in [3.8, 4) is 11.3 Å². The molecule has 0 amide bonds. The van der Waals surface area contributed by atoms with Crippen molar-refractivity contribution in [1.82, 2.24) is 13.9 Å². The molecule has 9 heteroatoms. The zero-order valence-electron chi connectivity index (χ0n) is 17.1. The summed E-state index contributed by atoms with van der Waals surface area (Å²) in [6.45, 7) is 0. The lowest BCUT2D eigenvalue weighted by Crippen LogP contribution is -2.21. The molecule has 4 aromatic rings. The zero-order valence-corrected chi connectivity index (χ0v) is 18.7. The van der Waals surface area contributed by atoms with Crippen LogP contribution in [0.2, 0.25) is 5.02 Å². The Kier molecular flexibility index (Phi) is 5.36. The summed E-state index contributed by atoms with van der Waals surface area (Å²) in [7, 11) is -3.80. The molecule has 2 unspecified atom stereocenters. The molecule has 5 rings (SSSR count). The van der Waals surface area contributed by atoms with Crippen LogP contribution >= 0.6 is 11.6 Å². The molecule has 0 spiro atoms. The Hall–Kier alpha value is -2.94. The minimum absolute atomic E-state index is 0.181. The molecule has 2 aromatic heterocycles. The number of anilines is 1. The van der Waals surface area contributed by atoms with Crippen molar-refractivity contribution in [2.45, 2.75) is 36.2 Å². The summed E-state index contributed by atoms with van der Waals surface area (Å²) in [4.78, 5) is 9.17. The third kappa shape index (κ3) is 3.74. The normalized spacial score (nSPS) is 18.8. The quantitative estimate of drug-likeness (QED) is 0.454. The number of para-hydroxylation sites is 1. The first-order valence-corrected chi connectivity index (χ1v) is 12.2. The number of fused-ring (bicyclic) bond motifs is 1. The monoisotopic (exact) mass is 467 g/mol. The van der Waals surface area contributed by atoms with Gasteiger partial charge in [-0.25, -0.2) is 22.4 Å². The number of nitrogens with one attached hydrogen (secondary N) is 1. The Morgan fingerprint density at radius 3 is 2.56 bits per heavy atom. The van der Waals surface area contributed by atoms with Crippen molar-refractivity contribution in [3.05, 3.63) is 72.0 Å². The van der Waals surface area contributed by atoms with Gasteiger partial charge >= 0.3 is 0 Å². The van der Waals surface area contributed by atoms with E-state index >= 15 is 0 Å². The van der Waals surface area contributed by atoms with Crippen LogP contribution in [-0.4, -0.2) is 34.4 Å². The Bertz CT molecular complexity index is 1390. The molecule has 7 nitrogen and oxygen atoms in total. The van der Waals surface area contributed by atoms with Crippen molar-refractivity contribution in [2.24, 2.45) is 5.73 Å². The van der Waals surface area contributed by atoms with Gasteiger partial charge in [0.2, 0.25) is 5.95 Å². The van der Waals surface area contributed by atoms with E-state index in [9.17, 15) is 8.42 Å². The van der Waals surface area contributed by atoms with E-state index < -0.39 is 10.0 Å². The Balaban J connectivity index is 1.62. The lowest BCUT2D eigenvalue weighted by molar-refractivity contribution is 0.589. The molecule has 1 aliphatic carbocycles.